The van der Waals surface area contributed by atoms with E-state index in [0.717, 1.165) is 16.4 Å². The molecule has 1 amide bonds. The molecule has 2 aromatic carbocycles. The average molecular weight is 410 g/mol. The Hall–Kier alpha value is -2.72. The SMILES string of the molecule is O=C(c1ccc2c(c1)OCO2)N1CCN(S(=O)(=O)c2cc(F)ccc2F)CC1. The van der Waals surface area contributed by atoms with Crippen molar-refractivity contribution in [3.63, 3.8) is 0 Å². The Balaban J connectivity index is 1.47. The van der Waals surface area contributed by atoms with Crippen molar-refractivity contribution < 1.29 is 31.5 Å². The zero-order valence-corrected chi connectivity index (χ0v) is 15.4. The van der Waals surface area contributed by atoms with Crippen LogP contribution in [-0.2, 0) is 10.0 Å². The summed E-state index contributed by atoms with van der Waals surface area (Å²) in [5.74, 6) is -1.08. The first-order chi connectivity index (χ1) is 13.4. The normalized spacial score (nSPS) is 17.0. The van der Waals surface area contributed by atoms with Crippen LogP contribution in [0.3, 0.4) is 0 Å². The van der Waals surface area contributed by atoms with Crippen molar-refractivity contribution in [3.05, 3.63) is 53.6 Å². The maximum Gasteiger partial charge on any atom is 0.254 e. The van der Waals surface area contributed by atoms with Crippen LogP contribution in [-0.4, -0.2) is 56.5 Å². The summed E-state index contributed by atoms with van der Waals surface area (Å²) in [6.45, 7) is 0.316. The molecule has 2 aliphatic rings. The van der Waals surface area contributed by atoms with Gasteiger partial charge in [-0.2, -0.15) is 4.31 Å². The summed E-state index contributed by atoms with van der Waals surface area (Å²) in [5.41, 5.74) is 0.400. The van der Waals surface area contributed by atoms with Gasteiger partial charge in [0.25, 0.3) is 5.91 Å². The van der Waals surface area contributed by atoms with E-state index >= 15 is 0 Å². The van der Waals surface area contributed by atoms with Crippen molar-refractivity contribution in [1.82, 2.24) is 9.21 Å². The van der Waals surface area contributed by atoms with E-state index in [2.05, 4.69) is 0 Å². The molecule has 2 heterocycles. The van der Waals surface area contributed by atoms with Crippen LogP contribution in [0.1, 0.15) is 10.4 Å². The third kappa shape index (κ3) is 3.29. The number of hydrogen-bond acceptors (Lipinski definition) is 5. The molecular formula is C18H16F2N2O5S. The molecule has 0 aromatic heterocycles. The summed E-state index contributed by atoms with van der Waals surface area (Å²) in [5, 5.41) is 0. The molecular weight excluding hydrogens is 394 g/mol. The minimum atomic E-state index is -4.19. The van der Waals surface area contributed by atoms with Gasteiger partial charge in [0.2, 0.25) is 16.8 Å². The second kappa shape index (κ2) is 7.02. The van der Waals surface area contributed by atoms with Crippen molar-refractivity contribution >= 4 is 15.9 Å². The Labute approximate surface area is 160 Å². The summed E-state index contributed by atoms with van der Waals surface area (Å²) < 4.78 is 64.0. The third-order valence-electron chi connectivity index (χ3n) is 4.66. The maximum absolute atomic E-state index is 13.9. The Kier molecular flexibility index (Phi) is 4.68. The third-order valence-corrected chi connectivity index (χ3v) is 6.57. The number of halogens is 2. The van der Waals surface area contributed by atoms with Gasteiger partial charge in [-0.15, -0.1) is 0 Å². The summed E-state index contributed by atoms with van der Waals surface area (Å²) in [7, 11) is -4.19. The molecule has 148 valence electrons. The minimum Gasteiger partial charge on any atom is -0.454 e. The molecule has 7 nitrogen and oxygen atoms in total. The van der Waals surface area contributed by atoms with E-state index in [1.807, 2.05) is 0 Å². The number of carbonyl (C=O) groups excluding carboxylic acids is 1. The zero-order chi connectivity index (χ0) is 19.9. The van der Waals surface area contributed by atoms with E-state index < -0.39 is 26.6 Å². The number of rotatable bonds is 3. The van der Waals surface area contributed by atoms with Crippen molar-refractivity contribution in [2.24, 2.45) is 0 Å². The van der Waals surface area contributed by atoms with Gasteiger partial charge in [0.1, 0.15) is 16.5 Å². The van der Waals surface area contributed by atoms with Crippen LogP contribution in [0.2, 0.25) is 0 Å². The molecule has 0 N–H and O–H groups in total. The lowest BCUT2D eigenvalue weighted by Gasteiger charge is -2.34. The molecule has 0 aliphatic carbocycles. The van der Waals surface area contributed by atoms with Crippen molar-refractivity contribution in [3.8, 4) is 11.5 Å². The van der Waals surface area contributed by atoms with Gasteiger partial charge in [-0.05, 0) is 36.4 Å². The highest BCUT2D eigenvalue weighted by atomic mass is 32.2. The lowest BCUT2D eigenvalue weighted by molar-refractivity contribution is 0.0697. The Bertz CT molecular complexity index is 1040. The molecule has 0 atom stereocenters. The predicted octanol–water partition coefficient (Wildman–Crippen LogP) is 1.84. The molecule has 10 heteroatoms. The number of fused-ring (bicyclic) bond motifs is 1. The summed E-state index contributed by atoms with van der Waals surface area (Å²) >= 11 is 0. The van der Waals surface area contributed by atoms with Crippen LogP contribution >= 0.6 is 0 Å². The van der Waals surface area contributed by atoms with Gasteiger partial charge in [0, 0.05) is 31.7 Å². The van der Waals surface area contributed by atoms with E-state index in [0.29, 0.717) is 23.1 Å². The van der Waals surface area contributed by atoms with Gasteiger partial charge in [-0.1, -0.05) is 0 Å². The maximum atomic E-state index is 13.9. The summed E-state index contributed by atoms with van der Waals surface area (Å²) in [6, 6.07) is 7.13. The van der Waals surface area contributed by atoms with E-state index in [-0.39, 0.29) is 38.9 Å². The van der Waals surface area contributed by atoms with Crippen LogP contribution in [0, 0.1) is 11.6 Å². The van der Waals surface area contributed by atoms with Gasteiger partial charge >= 0.3 is 0 Å². The molecule has 0 bridgehead atoms. The monoisotopic (exact) mass is 410 g/mol. The van der Waals surface area contributed by atoms with E-state index in [4.69, 9.17) is 9.47 Å². The number of hydrogen-bond donors (Lipinski definition) is 0. The van der Waals surface area contributed by atoms with E-state index in [1.165, 1.54) is 4.90 Å². The number of nitrogens with zero attached hydrogens (tertiary/aromatic N) is 2. The average Bonchev–Trinajstić information content (AvgIpc) is 3.17. The van der Waals surface area contributed by atoms with Gasteiger partial charge in [-0.3, -0.25) is 4.79 Å². The first-order valence-corrected chi connectivity index (χ1v) is 9.94. The van der Waals surface area contributed by atoms with Gasteiger partial charge in [0.15, 0.2) is 11.5 Å². The van der Waals surface area contributed by atoms with Crippen LogP contribution in [0.4, 0.5) is 8.78 Å². The molecule has 2 aliphatic heterocycles. The molecule has 4 rings (SSSR count). The van der Waals surface area contributed by atoms with Crippen molar-refractivity contribution in [2.45, 2.75) is 4.90 Å². The van der Waals surface area contributed by atoms with E-state index in [1.54, 1.807) is 18.2 Å². The first kappa shape index (κ1) is 18.6. The molecule has 0 radical (unpaired) electrons. The zero-order valence-electron chi connectivity index (χ0n) is 14.6. The van der Waals surface area contributed by atoms with Crippen LogP contribution < -0.4 is 9.47 Å². The summed E-state index contributed by atoms with van der Waals surface area (Å²) in [4.78, 5) is 13.5. The number of sulfonamides is 1. The molecule has 0 spiro atoms. The molecule has 0 unspecified atom stereocenters. The molecule has 1 fully saturated rings. The standard InChI is InChI=1S/C18H16F2N2O5S/c19-13-2-3-14(20)17(10-13)28(24,25)22-7-5-21(6-8-22)18(23)12-1-4-15-16(9-12)27-11-26-15/h1-4,9-10H,5-8,11H2. The number of benzene rings is 2. The topological polar surface area (TPSA) is 76.2 Å². The summed E-state index contributed by atoms with van der Waals surface area (Å²) in [6.07, 6.45) is 0. The Morgan fingerprint density at radius 2 is 1.64 bits per heavy atom. The fourth-order valence-electron chi connectivity index (χ4n) is 3.16. The molecule has 0 saturated carbocycles. The highest BCUT2D eigenvalue weighted by Gasteiger charge is 2.32. The quantitative estimate of drug-likeness (QED) is 0.772. The molecule has 2 aromatic rings. The van der Waals surface area contributed by atoms with Crippen LogP contribution in [0.25, 0.3) is 0 Å². The lowest BCUT2D eigenvalue weighted by Crippen LogP contribution is -2.50. The number of piperazine rings is 1. The first-order valence-electron chi connectivity index (χ1n) is 8.50. The van der Waals surface area contributed by atoms with Crippen molar-refractivity contribution in [2.75, 3.05) is 33.0 Å². The highest BCUT2D eigenvalue weighted by Crippen LogP contribution is 2.33. The highest BCUT2D eigenvalue weighted by molar-refractivity contribution is 7.89. The van der Waals surface area contributed by atoms with E-state index in [9.17, 15) is 22.0 Å². The van der Waals surface area contributed by atoms with Gasteiger partial charge < -0.3 is 14.4 Å². The van der Waals surface area contributed by atoms with Gasteiger partial charge in [-0.25, -0.2) is 17.2 Å². The predicted molar refractivity (Wildman–Crippen MR) is 93.6 cm³/mol. The fourth-order valence-corrected chi connectivity index (χ4v) is 4.66. The molecule has 28 heavy (non-hydrogen) atoms. The fraction of sp³-hybridized carbons (Fsp3) is 0.278. The second-order valence-corrected chi connectivity index (χ2v) is 8.25. The minimum absolute atomic E-state index is 0.0193. The number of amides is 1. The largest absolute Gasteiger partial charge is 0.454 e. The number of carbonyl (C=O) groups is 1. The van der Waals surface area contributed by atoms with Gasteiger partial charge in [0.05, 0.1) is 0 Å². The Morgan fingerprint density at radius 3 is 2.39 bits per heavy atom. The lowest BCUT2D eigenvalue weighted by atomic mass is 10.1. The molecule has 1 saturated heterocycles. The smallest absolute Gasteiger partial charge is 0.254 e. The van der Waals surface area contributed by atoms with Crippen LogP contribution in [0.15, 0.2) is 41.3 Å². The second-order valence-electron chi connectivity index (χ2n) is 6.34. The Morgan fingerprint density at radius 1 is 0.929 bits per heavy atom. The number of ether oxygens (including phenoxy) is 2. The van der Waals surface area contributed by atoms with Crippen molar-refractivity contribution in [1.29, 1.82) is 0 Å². The van der Waals surface area contributed by atoms with Crippen LogP contribution in [0.5, 0.6) is 11.5 Å².